The van der Waals surface area contributed by atoms with E-state index in [0.717, 1.165) is 25.9 Å². The number of rotatable bonds is 4. The van der Waals surface area contributed by atoms with Gasteiger partial charge in [0.05, 0.1) is 18.1 Å². The van der Waals surface area contributed by atoms with Crippen molar-refractivity contribution < 1.29 is 13.2 Å². The fourth-order valence-corrected chi connectivity index (χ4v) is 5.08. The summed E-state index contributed by atoms with van der Waals surface area (Å²) in [6.07, 6.45) is 10.6. The van der Waals surface area contributed by atoms with E-state index in [1.807, 2.05) is 0 Å². The van der Waals surface area contributed by atoms with Crippen LogP contribution in [0, 0.1) is 5.92 Å². The van der Waals surface area contributed by atoms with E-state index in [1.165, 1.54) is 31.0 Å². The van der Waals surface area contributed by atoms with Crippen molar-refractivity contribution in [1.82, 2.24) is 24.8 Å². The molecule has 0 N–H and O–H groups in total. The highest BCUT2D eigenvalue weighted by Gasteiger charge is 2.31. The lowest BCUT2D eigenvalue weighted by Gasteiger charge is -2.33. The lowest BCUT2D eigenvalue weighted by molar-refractivity contribution is 0.0705. The largest absolute Gasteiger partial charge is 0.341 e. The molecule has 4 heterocycles. The minimum Gasteiger partial charge on any atom is -0.341 e. The van der Waals surface area contributed by atoms with E-state index in [-0.39, 0.29) is 16.7 Å². The van der Waals surface area contributed by atoms with Crippen molar-refractivity contribution in [1.29, 1.82) is 0 Å². The summed E-state index contributed by atoms with van der Waals surface area (Å²) >= 11 is 0. The number of aromatic nitrogens is 4. The maximum absolute atomic E-state index is 12.7. The van der Waals surface area contributed by atoms with E-state index in [4.69, 9.17) is 4.98 Å². The van der Waals surface area contributed by atoms with Crippen LogP contribution in [0.15, 0.2) is 29.7 Å². The molecule has 0 radical (unpaired) electrons. The second-order valence-corrected chi connectivity index (χ2v) is 10.5. The molecule has 2 aromatic rings. The van der Waals surface area contributed by atoms with Crippen molar-refractivity contribution in [2.75, 3.05) is 37.3 Å². The average Bonchev–Trinajstić information content (AvgIpc) is 2.79. The SMILES string of the molecule is CC1CCN(c2ncc(S(C)(=O)=O)c(C3CCN(C(=O)c4cnccn4)CC3)n2)CC1. The van der Waals surface area contributed by atoms with Crippen LogP contribution >= 0.6 is 0 Å². The molecule has 0 unspecified atom stereocenters. The molecule has 2 aliphatic heterocycles. The average molecular weight is 445 g/mol. The Morgan fingerprint density at radius 1 is 1.00 bits per heavy atom. The van der Waals surface area contributed by atoms with Crippen LogP contribution in [0.3, 0.4) is 0 Å². The third-order valence-corrected chi connectivity index (χ3v) is 7.30. The zero-order valence-electron chi connectivity index (χ0n) is 17.9. The van der Waals surface area contributed by atoms with E-state index >= 15 is 0 Å². The Hall–Kier alpha value is -2.62. The molecule has 9 nitrogen and oxygen atoms in total. The molecule has 0 saturated carbocycles. The topological polar surface area (TPSA) is 109 Å². The Morgan fingerprint density at radius 3 is 2.32 bits per heavy atom. The molecule has 1 amide bonds. The molecular formula is C21H28N6O3S. The van der Waals surface area contributed by atoms with Crippen molar-refractivity contribution in [3.63, 3.8) is 0 Å². The van der Waals surface area contributed by atoms with Gasteiger partial charge in [0.25, 0.3) is 5.91 Å². The minimum absolute atomic E-state index is 0.0407. The summed E-state index contributed by atoms with van der Waals surface area (Å²) in [4.78, 5) is 33.9. The van der Waals surface area contributed by atoms with Gasteiger partial charge in [0.1, 0.15) is 10.6 Å². The van der Waals surface area contributed by atoms with Gasteiger partial charge >= 0.3 is 0 Å². The molecule has 0 aliphatic carbocycles. The highest BCUT2D eigenvalue weighted by Crippen LogP contribution is 2.33. The first kappa shape index (κ1) is 21.6. The van der Waals surface area contributed by atoms with Crippen LogP contribution in [0.4, 0.5) is 5.95 Å². The van der Waals surface area contributed by atoms with Crippen molar-refractivity contribution in [2.24, 2.45) is 5.92 Å². The number of hydrogen-bond acceptors (Lipinski definition) is 8. The number of sulfone groups is 1. The first-order valence-corrected chi connectivity index (χ1v) is 12.6. The second kappa shape index (κ2) is 8.86. The fraction of sp³-hybridized carbons (Fsp3) is 0.571. The first-order valence-electron chi connectivity index (χ1n) is 10.7. The van der Waals surface area contributed by atoms with Crippen LogP contribution in [-0.2, 0) is 9.84 Å². The van der Waals surface area contributed by atoms with Crippen molar-refractivity contribution in [3.8, 4) is 0 Å². The molecule has 2 aromatic heterocycles. The molecule has 10 heteroatoms. The number of likely N-dealkylation sites (tertiary alicyclic amines) is 1. The van der Waals surface area contributed by atoms with Gasteiger partial charge in [-0.25, -0.2) is 23.4 Å². The van der Waals surface area contributed by atoms with Gasteiger partial charge in [-0.3, -0.25) is 9.78 Å². The molecule has 2 saturated heterocycles. The zero-order valence-corrected chi connectivity index (χ0v) is 18.8. The predicted octanol–water partition coefficient (Wildman–Crippen LogP) is 1.93. The normalized spacial score (nSPS) is 18.9. The Kier molecular flexibility index (Phi) is 6.17. The van der Waals surface area contributed by atoms with E-state index in [1.54, 1.807) is 4.90 Å². The molecule has 31 heavy (non-hydrogen) atoms. The number of piperidine rings is 2. The molecule has 0 atom stereocenters. The number of anilines is 1. The van der Waals surface area contributed by atoms with Gasteiger partial charge in [-0.2, -0.15) is 0 Å². The molecule has 0 aromatic carbocycles. The monoisotopic (exact) mass is 444 g/mol. The second-order valence-electron chi connectivity index (χ2n) is 8.52. The number of carbonyl (C=O) groups is 1. The lowest BCUT2D eigenvalue weighted by atomic mass is 9.93. The number of carbonyl (C=O) groups excluding carboxylic acids is 1. The zero-order chi connectivity index (χ0) is 22.0. The van der Waals surface area contributed by atoms with Crippen LogP contribution < -0.4 is 4.90 Å². The van der Waals surface area contributed by atoms with Gasteiger partial charge < -0.3 is 9.80 Å². The predicted molar refractivity (Wildman–Crippen MR) is 116 cm³/mol. The van der Waals surface area contributed by atoms with Crippen LogP contribution in [0.2, 0.25) is 0 Å². The van der Waals surface area contributed by atoms with Crippen LogP contribution in [0.5, 0.6) is 0 Å². The molecule has 2 fully saturated rings. The van der Waals surface area contributed by atoms with Crippen molar-refractivity contribution in [3.05, 3.63) is 36.2 Å². The van der Waals surface area contributed by atoms with Crippen LogP contribution in [-0.4, -0.2) is 71.6 Å². The van der Waals surface area contributed by atoms with Gasteiger partial charge in [0, 0.05) is 50.7 Å². The molecule has 2 aliphatic rings. The van der Waals surface area contributed by atoms with Crippen LogP contribution in [0.25, 0.3) is 0 Å². The third kappa shape index (κ3) is 4.84. The number of nitrogens with zero attached hydrogens (tertiary/aromatic N) is 6. The van der Waals surface area contributed by atoms with Gasteiger partial charge in [0.15, 0.2) is 9.84 Å². The van der Waals surface area contributed by atoms with E-state index in [2.05, 4.69) is 26.8 Å². The number of hydrogen-bond donors (Lipinski definition) is 0. The summed E-state index contributed by atoms with van der Waals surface area (Å²) in [5.41, 5.74) is 0.902. The van der Waals surface area contributed by atoms with Gasteiger partial charge in [-0.05, 0) is 31.6 Å². The summed E-state index contributed by atoms with van der Waals surface area (Å²) in [6.45, 7) is 5.04. The summed E-state index contributed by atoms with van der Waals surface area (Å²) in [7, 11) is -3.45. The van der Waals surface area contributed by atoms with Crippen molar-refractivity contribution >= 4 is 21.7 Å². The molecule has 166 valence electrons. The summed E-state index contributed by atoms with van der Waals surface area (Å²) < 4.78 is 24.8. The molecule has 0 bridgehead atoms. The molecule has 4 rings (SSSR count). The van der Waals surface area contributed by atoms with E-state index in [0.29, 0.717) is 49.2 Å². The Bertz CT molecular complexity index is 1030. The maximum Gasteiger partial charge on any atom is 0.274 e. The summed E-state index contributed by atoms with van der Waals surface area (Å²) in [5, 5.41) is 0. The third-order valence-electron chi connectivity index (χ3n) is 6.19. The van der Waals surface area contributed by atoms with Crippen molar-refractivity contribution in [2.45, 2.75) is 43.4 Å². The Balaban J connectivity index is 1.54. The fourth-order valence-electron chi connectivity index (χ4n) is 4.24. The Labute approximate surface area is 182 Å². The highest BCUT2D eigenvalue weighted by molar-refractivity contribution is 7.90. The Morgan fingerprint density at radius 2 is 1.71 bits per heavy atom. The lowest BCUT2D eigenvalue weighted by Crippen LogP contribution is -2.39. The first-order chi connectivity index (χ1) is 14.8. The van der Waals surface area contributed by atoms with Gasteiger partial charge in [-0.1, -0.05) is 6.92 Å². The molecular weight excluding hydrogens is 416 g/mol. The van der Waals surface area contributed by atoms with E-state index in [9.17, 15) is 13.2 Å². The smallest absolute Gasteiger partial charge is 0.274 e. The minimum atomic E-state index is -3.45. The standard InChI is InChI=1S/C21H28N6O3S/c1-15-3-9-27(10-4-15)21-24-14-18(31(2,29)30)19(25-21)16-5-11-26(12-6-16)20(28)17-13-22-7-8-23-17/h7-8,13-16H,3-6,9-12H2,1-2H3. The number of amides is 1. The maximum atomic E-state index is 12.7. The molecule has 0 spiro atoms. The van der Waals surface area contributed by atoms with Gasteiger partial charge in [0.2, 0.25) is 5.95 Å². The highest BCUT2D eigenvalue weighted by atomic mass is 32.2. The quantitative estimate of drug-likeness (QED) is 0.704. The van der Waals surface area contributed by atoms with Gasteiger partial charge in [-0.15, -0.1) is 0 Å². The summed E-state index contributed by atoms with van der Waals surface area (Å²) in [6, 6.07) is 0. The van der Waals surface area contributed by atoms with E-state index < -0.39 is 9.84 Å². The van der Waals surface area contributed by atoms with Crippen LogP contribution in [0.1, 0.15) is 54.7 Å². The summed E-state index contributed by atoms with van der Waals surface area (Å²) in [5.74, 6) is 1.09.